The number of amides is 1. The second kappa shape index (κ2) is 7.44. The van der Waals surface area contributed by atoms with E-state index in [0.717, 1.165) is 5.69 Å². The molecule has 0 spiro atoms. The number of carbonyl (C=O) groups excluding carboxylic acids is 1. The minimum absolute atomic E-state index is 0.105. The Bertz CT molecular complexity index is 805. The molecule has 3 N–H and O–H groups in total. The molecule has 0 saturated carbocycles. The number of hydrogen-bond donors (Lipinski definition) is 3. The Balaban J connectivity index is 1.75. The molecule has 1 amide bonds. The molecular formula is C17H20N4O5. The first-order valence-electron chi connectivity index (χ1n) is 8.09. The van der Waals surface area contributed by atoms with Crippen LogP contribution in [-0.4, -0.2) is 62.8 Å². The standard InChI is InChI=1S/C17H20N4O5/c1-10-14(17(24)21(25-2)7-6-11-8-18-9-19-11)20-16(26-10)12-4-3-5-13(22)15(12)23/h3-5,8-10,14,22-23H,6-7H2,1-2H3,(H,18,19)/t10-,14+/m1/s1. The molecule has 1 aliphatic rings. The lowest BCUT2D eigenvalue weighted by molar-refractivity contribution is -0.178. The van der Waals surface area contributed by atoms with Crippen molar-refractivity contribution < 1.29 is 24.6 Å². The summed E-state index contributed by atoms with van der Waals surface area (Å²) in [7, 11) is 1.41. The Labute approximate surface area is 149 Å². The number of phenolic OH excluding ortho intramolecular Hbond substituents is 2. The van der Waals surface area contributed by atoms with Gasteiger partial charge in [-0.25, -0.2) is 15.0 Å². The number of carbonyl (C=O) groups is 1. The summed E-state index contributed by atoms with van der Waals surface area (Å²) in [6.45, 7) is 2.03. The first kappa shape index (κ1) is 17.7. The second-order valence-electron chi connectivity index (χ2n) is 5.83. The third-order valence-corrected chi connectivity index (χ3v) is 4.10. The fourth-order valence-corrected chi connectivity index (χ4v) is 2.68. The number of hydrogen-bond acceptors (Lipinski definition) is 7. The van der Waals surface area contributed by atoms with Crippen molar-refractivity contribution in [2.45, 2.75) is 25.5 Å². The van der Waals surface area contributed by atoms with Gasteiger partial charge in [0, 0.05) is 18.3 Å². The van der Waals surface area contributed by atoms with Crippen LogP contribution < -0.4 is 0 Å². The largest absolute Gasteiger partial charge is 0.504 e. The number of benzene rings is 1. The first-order valence-corrected chi connectivity index (χ1v) is 8.09. The van der Waals surface area contributed by atoms with Gasteiger partial charge in [-0.1, -0.05) is 6.07 Å². The summed E-state index contributed by atoms with van der Waals surface area (Å²) in [6.07, 6.45) is 3.26. The van der Waals surface area contributed by atoms with Gasteiger partial charge >= 0.3 is 0 Å². The van der Waals surface area contributed by atoms with Crippen molar-refractivity contribution in [3.05, 3.63) is 42.0 Å². The highest BCUT2D eigenvalue weighted by molar-refractivity contribution is 6.01. The zero-order valence-electron chi connectivity index (χ0n) is 14.4. The number of aliphatic imine (C=N–C) groups is 1. The van der Waals surface area contributed by atoms with Crippen molar-refractivity contribution in [2.24, 2.45) is 4.99 Å². The van der Waals surface area contributed by atoms with Crippen LogP contribution in [0.4, 0.5) is 0 Å². The first-order chi connectivity index (χ1) is 12.5. The van der Waals surface area contributed by atoms with Crippen molar-refractivity contribution in [3.8, 4) is 11.5 Å². The van der Waals surface area contributed by atoms with Gasteiger partial charge in [0.1, 0.15) is 6.10 Å². The molecular weight excluding hydrogens is 340 g/mol. The van der Waals surface area contributed by atoms with Crippen molar-refractivity contribution in [3.63, 3.8) is 0 Å². The molecule has 9 heteroatoms. The van der Waals surface area contributed by atoms with E-state index in [1.165, 1.54) is 18.2 Å². The Kier molecular flexibility index (Phi) is 5.08. The Hall–Kier alpha value is -3.07. The van der Waals surface area contributed by atoms with E-state index in [2.05, 4.69) is 15.0 Å². The number of ether oxygens (including phenoxy) is 1. The molecule has 0 bridgehead atoms. The Morgan fingerprint density at radius 2 is 2.23 bits per heavy atom. The average molecular weight is 360 g/mol. The van der Waals surface area contributed by atoms with Crippen LogP contribution in [-0.2, 0) is 20.8 Å². The molecule has 0 fully saturated rings. The van der Waals surface area contributed by atoms with Gasteiger partial charge in [-0.2, -0.15) is 0 Å². The van der Waals surface area contributed by atoms with Gasteiger partial charge < -0.3 is 19.9 Å². The lowest BCUT2D eigenvalue weighted by Crippen LogP contribution is -2.42. The van der Waals surface area contributed by atoms with Gasteiger partial charge in [0.05, 0.1) is 25.5 Å². The normalized spacial score (nSPS) is 19.1. The minimum atomic E-state index is -0.812. The van der Waals surface area contributed by atoms with Crippen LogP contribution in [0.25, 0.3) is 0 Å². The van der Waals surface area contributed by atoms with E-state index in [4.69, 9.17) is 9.57 Å². The number of H-pyrrole nitrogens is 1. The van der Waals surface area contributed by atoms with E-state index < -0.39 is 12.1 Å². The molecule has 3 rings (SSSR count). The van der Waals surface area contributed by atoms with Gasteiger partial charge in [-0.05, 0) is 19.1 Å². The molecule has 1 aromatic heterocycles. The highest BCUT2D eigenvalue weighted by atomic mass is 16.7. The number of aromatic nitrogens is 2. The molecule has 0 unspecified atom stereocenters. The summed E-state index contributed by atoms with van der Waals surface area (Å²) >= 11 is 0. The van der Waals surface area contributed by atoms with Crippen LogP contribution in [0.3, 0.4) is 0 Å². The van der Waals surface area contributed by atoms with Crippen LogP contribution in [0.15, 0.2) is 35.7 Å². The van der Waals surface area contributed by atoms with E-state index in [9.17, 15) is 15.0 Å². The van der Waals surface area contributed by atoms with Gasteiger partial charge in [-0.3, -0.25) is 9.63 Å². The molecule has 0 radical (unpaired) electrons. The zero-order chi connectivity index (χ0) is 18.7. The average Bonchev–Trinajstić information content (AvgIpc) is 3.27. The third kappa shape index (κ3) is 3.47. The van der Waals surface area contributed by atoms with Crippen molar-refractivity contribution in [2.75, 3.05) is 13.7 Å². The van der Waals surface area contributed by atoms with Gasteiger partial charge in [0.25, 0.3) is 5.91 Å². The van der Waals surface area contributed by atoms with Crippen molar-refractivity contribution in [1.82, 2.24) is 15.0 Å². The molecule has 26 heavy (non-hydrogen) atoms. The number of aromatic amines is 1. The molecule has 1 aromatic carbocycles. The maximum Gasteiger partial charge on any atom is 0.274 e. The number of rotatable bonds is 6. The Morgan fingerprint density at radius 3 is 2.92 bits per heavy atom. The highest BCUT2D eigenvalue weighted by Crippen LogP contribution is 2.31. The minimum Gasteiger partial charge on any atom is -0.504 e. The summed E-state index contributed by atoms with van der Waals surface area (Å²) in [5, 5.41) is 20.8. The number of hydroxylamine groups is 2. The summed E-state index contributed by atoms with van der Waals surface area (Å²) in [5.41, 5.74) is 1.11. The number of nitrogens with one attached hydrogen (secondary N) is 1. The zero-order valence-corrected chi connectivity index (χ0v) is 14.4. The molecule has 2 heterocycles. The maximum atomic E-state index is 12.8. The van der Waals surface area contributed by atoms with E-state index in [1.807, 2.05) is 0 Å². The summed E-state index contributed by atoms with van der Waals surface area (Å²) in [4.78, 5) is 29.1. The number of imidazole rings is 1. The van der Waals surface area contributed by atoms with Crippen LogP contribution >= 0.6 is 0 Å². The topological polar surface area (TPSA) is 120 Å². The van der Waals surface area contributed by atoms with Gasteiger partial charge in [-0.15, -0.1) is 0 Å². The molecule has 0 aliphatic carbocycles. The number of phenols is 2. The van der Waals surface area contributed by atoms with Gasteiger partial charge in [0.15, 0.2) is 17.5 Å². The third-order valence-electron chi connectivity index (χ3n) is 4.10. The predicted octanol–water partition coefficient (Wildman–Crippen LogP) is 0.987. The van der Waals surface area contributed by atoms with E-state index in [-0.39, 0.29) is 28.9 Å². The van der Waals surface area contributed by atoms with Gasteiger partial charge in [0.2, 0.25) is 5.90 Å². The molecule has 2 atom stereocenters. The quantitative estimate of drug-likeness (QED) is 0.522. The van der Waals surface area contributed by atoms with E-state index in [0.29, 0.717) is 13.0 Å². The predicted molar refractivity (Wildman–Crippen MR) is 91.7 cm³/mol. The summed E-state index contributed by atoms with van der Waals surface area (Å²) in [5.74, 6) is -0.869. The molecule has 138 valence electrons. The second-order valence-corrected chi connectivity index (χ2v) is 5.83. The molecule has 0 saturated heterocycles. The molecule has 2 aromatic rings. The number of aromatic hydroxyl groups is 2. The van der Waals surface area contributed by atoms with E-state index >= 15 is 0 Å². The van der Waals surface area contributed by atoms with Crippen LogP contribution in [0.5, 0.6) is 11.5 Å². The number of para-hydroxylation sites is 1. The van der Waals surface area contributed by atoms with Crippen LogP contribution in [0.1, 0.15) is 18.2 Å². The lowest BCUT2D eigenvalue weighted by atomic mass is 10.2. The van der Waals surface area contributed by atoms with Crippen molar-refractivity contribution in [1.29, 1.82) is 0 Å². The van der Waals surface area contributed by atoms with Crippen LogP contribution in [0.2, 0.25) is 0 Å². The van der Waals surface area contributed by atoms with Crippen LogP contribution in [0, 0.1) is 0 Å². The fourth-order valence-electron chi connectivity index (χ4n) is 2.68. The van der Waals surface area contributed by atoms with E-state index in [1.54, 1.807) is 31.6 Å². The molecule has 1 aliphatic heterocycles. The lowest BCUT2D eigenvalue weighted by Gasteiger charge is -2.22. The molecule has 9 nitrogen and oxygen atoms in total. The monoisotopic (exact) mass is 360 g/mol. The number of nitrogens with zero attached hydrogens (tertiary/aromatic N) is 3. The summed E-state index contributed by atoms with van der Waals surface area (Å²) < 4.78 is 5.62. The smallest absolute Gasteiger partial charge is 0.274 e. The fraction of sp³-hybridized carbons (Fsp3) is 0.353. The van der Waals surface area contributed by atoms with Crippen molar-refractivity contribution >= 4 is 11.8 Å². The Morgan fingerprint density at radius 1 is 1.42 bits per heavy atom. The summed E-state index contributed by atoms with van der Waals surface area (Å²) in [6, 6.07) is 3.65. The highest BCUT2D eigenvalue weighted by Gasteiger charge is 2.37. The maximum absolute atomic E-state index is 12.8. The SMILES string of the molecule is CON(CCc1cnc[nH]1)C(=O)[C@H]1N=C(c2cccc(O)c2O)O[C@@H]1C.